The number of methoxy groups -OCH3 is 1. The van der Waals surface area contributed by atoms with Crippen molar-refractivity contribution in [1.29, 1.82) is 0 Å². The predicted octanol–water partition coefficient (Wildman–Crippen LogP) is 4.56. The monoisotopic (exact) mass is 269 g/mol. The van der Waals surface area contributed by atoms with Crippen LogP contribution in [0.2, 0.25) is 5.02 Å². The highest BCUT2D eigenvalue weighted by Gasteiger charge is 2.02. The Kier molecular flexibility index (Phi) is 3.10. The molecule has 19 heavy (non-hydrogen) atoms. The zero-order chi connectivity index (χ0) is 13.2. The number of nitrogens with zero attached hydrogens (tertiary/aromatic N) is 1. The van der Waals surface area contributed by atoms with Gasteiger partial charge in [-0.1, -0.05) is 23.7 Å². The Morgan fingerprint density at radius 3 is 2.47 bits per heavy atom. The minimum Gasteiger partial charge on any atom is -0.497 e. The second-order valence-corrected chi connectivity index (χ2v) is 4.73. The van der Waals surface area contributed by atoms with Crippen molar-refractivity contribution >= 4 is 22.5 Å². The molecule has 0 aliphatic rings. The van der Waals surface area contributed by atoms with Gasteiger partial charge in [0.1, 0.15) is 5.75 Å². The smallest absolute Gasteiger partial charge is 0.119 e. The first-order valence-corrected chi connectivity index (χ1v) is 6.34. The van der Waals surface area contributed by atoms with Crippen molar-refractivity contribution in [1.82, 2.24) is 4.98 Å². The maximum atomic E-state index is 5.90. The average Bonchev–Trinajstić information content (AvgIpc) is 2.47. The third-order valence-corrected chi connectivity index (χ3v) is 3.32. The second kappa shape index (κ2) is 4.90. The summed E-state index contributed by atoms with van der Waals surface area (Å²) in [7, 11) is 1.66. The van der Waals surface area contributed by atoms with Crippen molar-refractivity contribution in [2.24, 2.45) is 0 Å². The highest BCUT2D eigenvalue weighted by atomic mass is 35.5. The van der Waals surface area contributed by atoms with Gasteiger partial charge in [-0.15, -0.1) is 0 Å². The van der Waals surface area contributed by atoms with Crippen LogP contribution in [-0.2, 0) is 0 Å². The molecule has 3 aromatic rings. The van der Waals surface area contributed by atoms with Crippen molar-refractivity contribution in [3.63, 3.8) is 0 Å². The minimum atomic E-state index is 0.735. The highest BCUT2D eigenvalue weighted by molar-refractivity contribution is 6.30. The molecule has 94 valence electrons. The van der Waals surface area contributed by atoms with Gasteiger partial charge in [0.15, 0.2) is 0 Å². The molecule has 3 rings (SSSR count). The molecule has 0 bridgehead atoms. The van der Waals surface area contributed by atoms with Crippen LogP contribution in [0.1, 0.15) is 0 Å². The number of fused-ring (bicyclic) bond motifs is 1. The zero-order valence-electron chi connectivity index (χ0n) is 10.4. The van der Waals surface area contributed by atoms with Gasteiger partial charge in [0.2, 0.25) is 0 Å². The van der Waals surface area contributed by atoms with Crippen molar-refractivity contribution in [2.45, 2.75) is 0 Å². The normalized spacial score (nSPS) is 10.6. The number of aromatic nitrogens is 1. The molecule has 1 aromatic heterocycles. The molecule has 0 atom stereocenters. The first kappa shape index (κ1) is 12.0. The lowest BCUT2D eigenvalue weighted by molar-refractivity contribution is 0.415. The van der Waals surface area contributed by atoms with E-state index in [4.69, 9.17) is 16.3 Å². The fourth-order valence-corrected chi connectivity index (χ4v) is 2.16. The molecule has 0 fully saturated rings. The van der Waals surface area contributed by atoms with Crippen molar-refractivity contribution in [3.8, 4) is 16.9 Å². The molecule has 2 aromatic carbocycles. The number of halogens is 1. The van der Waals surface area contributed by atoms with Gasteiger partial charge in [-0.2, -0.15) is 0 Å². The van der Waals surface area contributed by atoms with Gasteiger partial charge in [-0.25, -0.2) is 0 Å². The minimum absolute atomic E-state index is 0.735. The molecule has 0 unspecified atom stereocenters. The van der Waals surface area contributed by atoms with Crippen LogP contribution in [0, 0.1) is 0 Å². The Morgan fingerprint density at radius 1 is 0.947 bits per heavy atom. The van der Waals surface area contributed by atoms with Crippen molar-refractivity contribution < 1.29 is 4.74 Å². The Balaban J connectivity index is 2.12. The van der Waals surface area contributed by atoms with Crippen LogP contribution in [0.3, 0.4) is 0 Å². The Morgan fingerprint density at radius 2 is 1.74 bits per heavy atom. The SMILES string of the molecule is COc1ccc2ncc(-c3ccc(Cl)cc3)cc2c1. The topological polar surface area (TPSA) is 22.1 Å². The number of pyridine rings is 1. The molecule has 0 aliphatic heterocycles. The van der Waals surface area contributed by atoms with E-state index in [1.165, 1.54) is 0 Å². The van der Waals surface area contributed by atoms with Gasteiger partial charge < -0.3 is 4.74 Å². The van der Waals surface area contributed by atoms with E-state index in [9.17, 15) is 0 Å². The fraction of sp³-hybridized carbons (Fsp3) is 0.0625. The first-order valence-electron chi connectivity index (χ1n) is 5.96. The summed E-state index contributed by atoms with van der Waals surface area (Å²) in [5.41, 5.74) is 3.12. The predicted molar refractivity (Wildman–Crippen MR) is 78.7 cm³/mol. The molecular formula is C16H12ClNO. The van der Waals surface area contributed by atoms with Gasteiger partial charge in [0.05, 0.1) is 12.6 Å². The summed E-state index contributed by atoms with van der Waals surface area (Å²) < 4.78 is 5.24. The number of hydrogen-bond donors (Lipinski definition) is 0. The van der Waals surface area contributed by atoms with Crippen molar-refractivity contribution in [3.05, 3.63) is 59.8 Å². The maximum absolute atomic E-state index is 5.90. The van der Waals surface area contributed by atoms with Gasteiger partial charge in [-0.3, -0.25) is 4.98 Å². The zero-order valence-corrected chi connectivity index (χ0v) is 11.2. The second-order valence-electron chi connectivity index (χ2n) is 4.29. The van der Waals surface area contributed by atoms with E-state index in [1.54, 1.807) is 7.11 Å². The van der Waals surface area contributed by atoms with E-state index in [1.807, 2.05) is 48.7 Å². The summed E-state index contributed by atoms with van der Waals surface area (Å²) >= 11 is 5.90. The number of hydrogen-bond acceptors (Lipinski definition) is 2. The molecule has 0 N–H and O–H groups in total. The molecule has 0 radical (unpaired) electrons. The molecule has 0 saturated carbocycles. The standard InChI is InChI=1S/C16H12ClNO/c1-19-15-6-7-16-12(9-15)8-13(10-18-16)11-2-4-14(17)5-3-11/h2-10H,1H3. The summed E-state index contributed by atoms with van der Waals surface area (Å²) in [6.07, 6.45) is 1.87. The van der Waals surface area contributed by atoms with E-state index < -0.39 is 0 Å². The largest absolute Gasteiger partial charge is 0.497 e. The van der Waals surface area contributed by atoms with E-state index >= 15 is 0 Å². The van der Waals surface area contributed by atoms with Crippen LogP contribution >= 0.6 is 11.6 Å². The Labute approximate surface area is 116 Å². The first-order chi connectivity index (χ1) is 9.26. The fourth-order valence-electron chi connectivity index (χ4n) is 2.04. The van der Waals surface area contributed by atoms with Crippen LogP contribution in [0.25, 0.3) is 22.0 Å². The van der Waals surface area contributed by atoms with E-state index in [0.717, 1.165) is 32.8 Å². The average molecular weight is 270 g/mol. The summed E-state index contributed by atoms with van der Waals surface area (Å²) in [6.45, 7) is 0. The number of benzene rings is 2. The van der Waals surface area contributed by atoms with E-state index in [-0.39, 0.29) is 0 Å². The van der Waals surface area contributed by atoms with Crippen LogP contribution < -0.4 is 4.74 Å². The summed E-state index contributed by atoms with van der Waals surface area (Å²) in [5, 5.41) is 1.80. The van der Waals surface area contributed by atoms with Crippen LogP contribution in [0.5, 0.6) is 5.75 Å². The summed E-state index contributed by atoms with van der Waals surface area (Å²) in [5.74, 6) is 0.836. The Bertz CT molecular complexity index is 722. The van der Waals surface area contributed by atoms with Crippen molar-refractivity contribution in [2.75, 3.05) is 7.11 Å². The highest BCUT2D eigenvalue weighted by Crippen LogP contribution is 2.26. The van der Waals surface area contributed by atoms with Crippen LogP contribution in [-0.4, -0.2) is 12.1 Å². The molecule has 0 saturated heterocycles. The molecule has 1 heterocycles. The lowest BCUT2D eigenvalue weighted by atomic mass is 10.1. The third kappa shape index (κ3) is 2.40. The molecule has 0 aliphatic carbocycles. The molecule has 3 heteroatoms. The Hall–Kier alpha value is -2.06. The summed E-state index contributed by atoms with van der Waals surface area (Å²) in [6, 6.07) is 15.7. The number of ether oxygens (including phenoxy) is 1. The van der Waals surface area contributed by atoms with Gasteiger partial charge >= 0.3 is 0 Å². The van der Waals surface area contributed by atoms with Crippen LogP contribution in [0.15, 0.2) is 54.7 Å². The van der Waals surface area contributed by atoms with Gasteiger partial charge in [-0.05, 0) is 42.0 Å². The lowest BCUT2D eigenvalue weighted by Crippen LogP contribution is -1.86. The molecular weight excluding hydrogens is 258 g/mol. The molecule has 2 nitrogen and oxygen atoms in total. The number of rotatable bonds is 2. The summed E-state index contributed by atoms with van der Waals surface area (Å²) in [4.78, 5) is 4.47. The van der Waals surface area contributed by atoms with E-state index in [2.05, 4.69) is 11.1 Å². The third-order valence-electron chi connectivity index (χ3n) is 3.07. The van der Waals surface area contributed by atoms with Crippen LogP contribution in [0.4, 0.5) is 0 Å². The molecule has 0 spiro atoms. The maximum Gasteiger partial charge on any atom is 0.119 e. The lowest BCUT2D eigenvalue weighted by Gasteiger charge is -2.05. The van der Waals surface area contributed by atoms with Gasteiger partial charge in [0, 0.05) is 22.2 Å². The van der Waals surface area contributed by atoms with Gasteiger partial charge in [0.25, 0.3) is 0 Å². The molecule has 0 amide bonds. The quantitative estimate of drug-likeness (QED) is 0.680. The van der Waals surface area contributed by atoms with E-state index in [0.29, 0.717) is 0 Å².